The van der Waals surface area contributed by atoms with Crippen molar-refractivity contribution in [2.45, 2.75) is 0 Å². The third-order valence-corrected chi connectivity index (χ3v) is 0. The van der Waals surface area contributed by atoms with E-state index in [0.717, 1.165) is 0 Å². The van der Waals surface area contributed by atoms with Gasteiger partial charge in [-0.05, 0) is 0 Å². The van der Waals surface area contributed by atoms with Crippen molar-refractivity contribution in [1.29, 1.82) is 0 Å². The van der Waals surface area contributed by atoms with Crippen LogP contribution in [0.25, 0.3) is 0 Å². The number of rotatable bonds is 0. The summed E-state index contributed by atoms with van der Waals surface area (Å²) >= 11 is 0. The average Bonchev–Trinajstić information content (AvgIpc) is 0. The first-order valence-corrected chi connectivity index (χ1v) is 0. The molecule has 0 aliphatic heterocycles. The molecule has 0 N–H and O–H groups in total. The van der Waals surface area contributed by atoms with E-state index in [9.17, 15) is 0 Å². The summed E-state index contributed by atoms with van der Waals surface area (Å²) in [5.41, 5.74) is 0. The third kappa shape index (κ3) is 23.3. The maximum absolute atomic E-state index is 0. The molecule has 0 aliphatic carbocycles. The molecule has 6 heteroatoms. The normalized spacial score (nSPS) is 0. The van der Waals surface area contributed by atoms with Crippen molar-refractivity contribution in [3.05, 3.63) is 0 Å². The Morgan fingerprint density at radius 2 is 0.333 bits per heavy atom. The Labute approximate surface area is 138 Å². The van der Waals surface area contributed by atoms with Gasteiger partial charge in [-0.2, -0.15) is 0 Å². The van der Waals surface area contributed by atoms with Gasteiger partial charge in [0.1, 0.15) is 0 Å². The van der Waals surface area contributed by atoms with Crippen LogP contribution >= 0.6 is 0 Å². The van der Waals surface area contributed by atoms with Crippen LogP contribution in [0.1, 0.15) is 0 Å². The van der Waals surface area contributed by atoms with Crippen LogP contribution in [-0.2, 0) is 22.4 Å². The van der Waals surface area contributed by atoms with E-state index in [-0.39, 0.29) is 142 Å². The van der Waals surface area contributed by atoms with Crippen molar-refractivity contribution in [1.82, 2.24) is 0 Å². The molecule has 0 bridgehead atoms. The summed E-state index contributed by atoms with van der Waals surface area (Å²) in [4.78, 5) is 0. The molecule has 31 valence electrons. The molecule has 0 saturated carbocycles. The summed E-state index contributed by atoms with van der Waals surface area (Å²) in [5, 5.41) is 0. The van der Waals surface area contributed by atoms with E-state index in [4.69, 9.17) is 0 Å². The van der Waals surface area contributed by atoms with E-state index in [1.807, 2.05) is 0 Å². The Kier molecular flexibility index (Phi) is 251. The Bertz CT molecular complexity index is 3.90. The number of hydrogen-bond donors (Lipinski definition) is 0. The second kappa shape index (κ2) is 33.1. The molecular weight excluding hydrogens is 791 g/mol. The third-order valence-electron chi connectivity index (χ3n) is 0. The molecule has 0 heterocycles. The van der Waals surface area contributed by atoms with Gasteiger partial charge in [-0.15, -0.1) is 0 Å². The zero-order valence-electron chi connectivity index (χ0n) is 2.80. The van der Waals surface area contributed by atoms with Gasteiger partial charge in [0.05, 0.1) is 0 Å². The van der Waals surface area contributed by atoms with Crippen molar-refractivity contribution in [3.8, 4) is 0 Å². The molecule has 0 rings (SSSR count). The fourth-order valence-corrected chi connectivity index (χ4v) is 0. The van der Waals surface area contributed by atoms with Gasteiger partial charge in [0.15, 0.2) is 0 Å². The largest absolute Gasteiger partial charge is 0 e. The van der Waals surface area contributed by atoms with Crippen molar-refractivity contribution >= 4 is 120 Å². The van der Waals surface area contributed by atoms with Gasteiger partial charge in [0.2, 0.25) is 0 Å². The van der Waals surface area contributed by atoms with Gasteiger partial charge >= 0.3 is 0 Å². The Hall–Kier alpha value is 4.73. The zero-order chi connectivity index (χ0) is 0. The van der Waals surface area contributed by atoms with E-state index >= 15 is 0 Å². The second-order valence-corrected chi connectivity index (χ2v) is 0. The smallest absolute Gasteiger partial charge is 0 e. The summed E-state index contributed by atoms with van der Waals surface area (Å²) in [6, 6.07) is 0. The molecule has 0 fully saturated rings. The first kappa shape index (κ1) is 45.4. The minimum Gasteiger partial charge on any atom is 0 e. The molecule has 0 aromatic carbocycles. The van der Waals surface area contributed by atoms with Crippen LogP contribution in [0.5, 0.6) is 0 Å². The van der Waals surface area contributed by atoms with E-state index in [1.54, 1.807) is 0 Å². The first-order valence-electron chi connectivity index (χ1n) is 0. The number of hydrogen-bond acceptors (Lipinski definition) is 0. The van der Waals surface area contributed by atoms with Crippen molar-refractivity contribution in [3.63, 3.8) is 0 Å². The molecule has 0 saturated heterocycles. The predicted molar refractivity (Wildman–Crippen MR) is 28.8 cm³/mol. The second-order valence-electron chi connectivity index (χ2n) is 0. The SMILES string of the molecule is [Au].[Sn].[Sn].[Sn].[Sn].[Sn]. The molecule has 0 nitrogen and oxygen atoms in total. The van der Waals surface area contributed by atoms with E-state index in [2.05, 4.69) is 0 Å². The standard InChI is InChI=1S/Au.5Sn. The Morgan fingerprint density at radius 1 is 0.333 bits per heavy atom. The molecule has 0 aliphatic rings. The van der Waals surface area contributed by atoms with Gasteiger partial charge in [0, 0.05) is 142 Å². The molecule has 0 unspecified atom stereocenters. The van der Waals surface area contributed by atoms with Gasteiger partial charge in [-0.1, -0.05) is 0 Å². The molecule has 6 heavy (non-hydrogen) atoms. The van der Waals surface area contributed by atoms with Crippen molar-refractivity contribution < 1.29 is 22.4 Å². The van der Waals surface area contributed by atoms with E-state index < -0.39 is 0 Å². The van der Waals surface area contributed by atoms with Gasteiger partial charge in [-0.25, -0.2) is 0 Å². The maximum Gasteiger partial charge on any atom is 0 e. The van der Waals surface area contributed by atoms with Crippen LogP contribution in [-0.4, -0.2) is 120 Å². The monoisotopic (exact) mass is 796 g/mol. The first-order chi connectivity index (χ1) is 0. The maximum atomic E-state index is 0. The van der Waals surface area contributed by atoms with E-state index in [1.165, 1.54) is 0 Å². The molecular formula is AuSn5. The van der Waals surface area contributed by atoms with E-state index in [0.29, 0.717) is 0 Å². The van der Waals surface area contributed by atoms with Crippen LogP contribution in [0, 0.1) is 0 Å². The minimum atomic E-state index is 0. The summed E-state index contributed by atoms with van der Waals surface area (Å²) in [7, 11) is 0. The van der Waals surface area contributed by atoms with Crippen molar-refractivity contribution in [2.75, 3.05) is 0 Å². The zero-order valence-corrected chi connectivity index (χ0v) is 19.2. The van der Waals surface area contributed by atoms with Gasteiger partial charge in [0.25, 0.3) is 0 Å². The van der Waals surface area contributed by atoms with Gasteiger partial charge < -0.3 is 0 Å². The fraction of sp³-hybridized carbons (Fsp3) is 0. The summed E-state index contributed by atoms with van der Waals surface area (Å²) < 4.78 is 0. The van der Waals surface area contributed by atoms with Crippen LogP contribution in [0.2, 0.25) is 0 Å². The molecule has 0 spiro atoms. The fourth-order valence-electron chi connectivity index (χ4n) is 0. The Morgan fingerprint density at radius 3 is 0.333 bits per heavy atom. The van der Waals surface area contributed by atoms with Crippen LogP contribution < -0.4 is 0 Å². The average molecular weight is 791 g/mol. The molecule has 0 atom stereocenters. The van der Waals surface area contributed by atoms with Gasteiger partial charge in [-0.3, -0.25) is 0 Å². The summed E-state index contributed by atoms with van der Waals surface area (Å²) in [6.07, 6.45) is 0. The summed E-state index contributed by atoms with van der Waals surface area (Å²) in [5.74, 6) is 0. The Balaban J connectivity index is 0. The molecule has 0 aromatic rings. The van der Waals surface area contributed by atoms with Crippen LogP contribution in [0.15, 0.2) is 0 Å². The molecule has 0 aromatic heterocycles. The quantitative estimate of drug-likeness (QED) is 0.252. The van der Waals surface area contributed by atoms with Crippen LogP contribution in [0.4, 0.5) is 0 Å². The predicted octanol–water partition coefficient (Wildman–Crippen LogP) is -1.91. The molecule has 0 amide bonds. The topological polar surface area (TPSA) is 0 Å². The minimum absolute atomic E-state index is 0. The summed E-state index contributed by atoms with van der Waals surface area (Å²) in [6.45, 7) is 0. The van der Waals surface area contributed by atoms with Crippen molar-refractivity contribution in [2.24, 2.45) is 0 Å². The molecule has 21 radical (unpaired) electrons. The van der Waals surface area contributed by atoms with Crippen LogP contribution in [0.3, 0.4) is 0 Å².